The summed E-state index contributed by atoms with van der Waals surface area (Å²) in [5.41, 5.74) is 7.45. The van der Waals surface area contributed by atoms with Crippen molar-refractivity contribution in [3.8, 4) is 0 Å². The van der Waals surface area contributed by atoms with Crippen molar-refractivity contribution < 1.29 is 4.92 Å². The van der Waals surface area contributed by atoms with Crippen LogP contribution < -0.4 is 5.73 Å². The molecule has 1 saturated heterocycles. The number of nitrogen functional groups attached to an aromatic ring is 1. The number of likely N-dealkylation sites (tertiary alicyclic amines) is 1. The number of nitro groups is 1. The van der Waals surface area contributed by atoms with E-state index >= 15 is 0 Å². The van der Waals surface area contributed by atoms with E-state index in [9.17, 15) is 10.1 Å². The molecular formula is C15H23N3O2. The highest BCUT2D eigenvalue weighted by molar-refractivity contribution is 5.59. The average Bonchev–Trinajstić information content (AvgIpc) is 2.51. The molecule has 0 radical (unpaired) electrons. The minimum Gasteiger partial charge on any atom is -0.393 e. The van der Waals surface area contributed by atoms with Gasteiger partial charge in [-0.15, -0.1) is 0 Å². The van der Waals surface area contributed by atoms with Gasteiger partial charge in [0, 0.05) is 12.6 Å². The molecule has 0 atom stereocenters. The second kappa shape index (κ2) is 5.79. The molecule has 0 aromatic heterocycles. The lowest BCUT2D eigenvalue weighted by Gasteiger charge is -2.23. The molecule has 0 unspecified atom stereocenters. The Labute approximate surface area is 119 Å². The molecule has 1 aromatic carbocycles. The van der Waals surface area contributed by atoms with Gasteiger partial charge in [-0.25, -0.2) is 0 Å². The molecule has 1 heterocycles. The number of benzene rings is 1. The van der Waals surface area contributed by atoms with E-state index < -0.39 is 4.92 Å². The number of nitro benzene ring substituents is 1. The van der Waals surface area contributed by atoms with Crippen LogP contribution >= 0.6 is 0 Å². The molecule has 0 saturated carbocycles. The van der Waals surface area contributed by atoms with Crippen molar-refractivity contribution in [2.24, 2.45) is 5.41 Å². The Hall–Kier alpha value is -1.62. The zero-order valence-electron chi connectivity index (χ0n) is 12.3. The van der Waals surface area contributed by atoms with Crippen LogP contribution in [0.15, 0.2) is 18.2 Å². The summed E-state index contributed by atoms with van der Waals surface area (Å²) < 4.78 is 0. The SMILES string of the molecule is CC1(C)CCCN(Cc2ccc([N+](=O)[O-])c(N)c2)CC1. The Balaban J connectivity index is 2.03. The fourth-order valence-electron chi connectivity index (χ4n) is 2.76. The van der Waals surface area contributed by atoms with Gasteiger partial charge in [0.15, 0.2) is 0 Å². The topological polar surface area (TPSA) is 72.4 Å². The monoisotopic (exact) mass is 277 g/mol. The third-order valence-corrected chi connectivity index (χ3v) is 4.13. The van der Waals surface area contributed by atoms with Crippen molar-refractivity contribution in [1.29, 1.82) is 0 Å². The second-order valence-electron chi connectivity index (χ2n) is 6.44. The molecule has 0 bridgehead atoms. The maximum Gasteiger partial charge on any atom is 0.292 e. The van der Waals surface area contributed by atoms with Crippen molar-refractivity contribution in [3.05, 3.63) is 33.9 Å². The van der Waals surface area contributed by atoms with Crippen molar-refractivity contribution in [2.75, 3.05) is 18.8 Å². The third-order valence-electron chi connectivity index (χ3n) is 4.13. The van der Waals surface area contributed by atoms with E-state index in [-0.39, 0.29) is 11.4 Å². The van der Waals surface area contributed by atoms with Gasteiger partial charge >= 0.3 is 0 Å². The highest BCUT2D eigenvalue weighted by Crippen LogP contribution is 2.30. The minimum absolute atomic E-state index is 0.00857. The quantitative estimate of drug-likeness (QED) is 0.523. The van der Waals surface area contributed by atoms with E-state index in [0.29, 0.717) is 5.41 Å². The van der Waals surface area contributed by atoms with E-state index in [4.69, 9.17) is 5.73 Å². The first-order valence-electron chi connectivity index (χ1n) is 7.12. The zero-order valence-corrected chi connectivity index (χ0v) is 12.3. The smallest absolute Gasteiger partial charge is 0.292 e. The Morgan fingerprint density at radius 2 is 2.10 bits per heavy atom. The fourth-order valence-corrected chi connectivity index (χ4v) is 2.76. The van der Waals surface area contributed by atoms with Gasteiger partial charge in [0.1, 0.15) is 5.69 Å². The average molecular weight is 277 g/mol. The van der Waals surface area contributed by atoms with Gasteiger partial charge in [0.05, 0.1) is 4.92 Å². The molecule has 1 aliphatic rings. The predicted molar refractivity (Wildman–Crippen MR) is 80.4 cm³/mol. The van der Waals surface area contributed by atoms with Crippen molar-refractivity contribution >= 4 is 11.4 Å². The number of nitrogens with two attached hydrogens (primary N) is 1. The van der Waals surface area contributed by atoms with Crippen LogP contribution in [0.25, 0.3) is 0 Å². The van der Waals surface area contributed by atoms with Crippen LogP contribution in [-0.4, -0.2) is 22.9 Å². The Morgan fingerprint density at radius 3 is 2.75 bits per heavy atom. The van der Waals surface area contributed by atoms with E-state index in [0.717, 1.165) is 25.2 Å². The highest BCUT2D eigenvalue weighted by atomic mass is 16.6. The van der Waals surface area contributed by atoms with Crippen molar-refractivity contribution in [2.45, 2.75) is 39.7 Å². The number of hydrogen-bond donors (Lipinski definition) is 1. The summed E-state index contributed by atoms with van der Waals surface area (Å²) in [5, 5.41) is 10.8. The summed E-state index contributed by atoms with van der Waals surface area (Å²) in [4.78, 5) is 12.7. The van der Waals surface area contributed by atoms with Gasteiger partial charge in [0.2, 0.25) is 0 Å². The van der Waals surface area contributed by atoms with Crippen molar-refractivity contribution in [3.63, 3.8) is 0 Å². The summed E-state index contributed by atoms with van der Waals surface area (Å²) >= 11 is 0. The van der Waals surface area contributed by atoms with E-state index in [2.05, 4.69) is 18.7 Å². The number of hydrogen-bond acceptors (Lipinski definition) is 4. The molecule has 5 nitrogen and oxygen atoms in total. The van der Waals surface area contributed by atoms with Crippen LogP contribution in [0.3, 0.4) is 0 Å². The summed E-state index contributed by atoms with van der Waals surface area (Å²) in [7, 11) is 0. The Morgan fingerprint density at radius 1 is 1.35 bits per heavy atom. The van der Waals surface area contributed by atoms with Gasteiger partial charge in [-0.05, 0) is 49.4 Å². The molecule has 1 aromatic rings. The molecule has 1 fully saturated rings. The van der Waals surface area contributed by atoms with Crippen LogP contribution in [0.5, 0.6) is 0 Å². The summed E-state index contributed by atoms with van der Waals surface area (Å²) in [5.74, 6) is 0. The summed E-state index contributed by atoms with van der Waals surface area (Å²) in [6, 6.07) is 5.05. The standard InChI is InChI=1S/C15H23N3O2/c1-15(2)6-3-8-17(9-7-15)11-12-4-5-14(18(19)20)13(16)10-12/h4-5,10H,3,6-9,11,16H2,1-2H3. The van der Waals surface area contributed by atoms with Crippen LogP contribution in [0, 0.1) is 15.5 Å². The summed E-state index contributed by atoms with van der Waals surface area (Å²) in [6.45, 7) is 7.61. The lowest BCUT2D eigenvalue weighted by molar-refractivity contribution is -0.383. The van der Waals surface area contributed by atoms with Crippen molar-refractivity contribution in [1.82, 2.24) is 4.90 Å². The maximum atomic E-state index is 10.8. The molecule has 2 rings (SSSR count). The van der Waals surface area contributed by atoms with E-state index in [1.165, 1.54) is 25.3 Å². The van der Waals surface area contributed by atoms with Gasteiger partial charge < -0.3 is 5.73 Å². The minimum atomic E-state index is -0.437. The zero-order chi connectivity index (χ0) is 14.8. The van der Waals surface area contributed by atoms with Gasteiger partial charge in [-0.2, -0.15) is 0 Å². The largest absolute Gasteiger partial charge is 0.393 e. The first-order chi connectivity index (χ1) is 9.37. The second-order valence-corrected chi connectivity index (χ2v) is 6.44. The molecule has 2 N–H and O–H groups in total. The van der Waals surface area contributed by atoms with E-state index in [1.807, 2.05) is 6.07 Å². The molecule has 0 amide bonds. The first-order valence-corrected chi connectivity index (χ1v) is 7.12. The van der Waals surface area contributed by atoms with Crippen LogP contribution in [0.4, 0.5) is 11.4 Å². The maximum absolute atomic E-state index is 10.8. The molecule has 0 spiro atoms. The third kappa shape index (κ3) is 3.70. The molecule has 1 aliphatic heterocycles. The number of anilines is 1. The summed E-state index contributed by atoms with van der Waals surface area (Å²) in [6.07, 6.45) is 3.65. The number of rotatable bonds is 3. The van der Waals surface area contributed by atoms with Gasteiger partial charge in [0.25, 0.3) is 5.69 Å². The fraction of sp³-hybridized carbons (Fsp3) is 0.600. The Bertz CT molecular complexity index is 500. The van der Waals surface area contributed by atoms with Gasteiger partial charge in [-0.3, -0.25) is 15.0 Å². The lowest BCUT2D eigenvalue weighted by Crippen LogP contribution is -2.25. The number of nitrogens with zero attached hydrogens (tertiary/aromatic N) is 2. The molecular weight excluding hydrogens is 254 g/mol. The van der Waals surface area contributed by atoms with Crippen LogP contribution in [0.2, 0.25) is 0 Å². The highest BCUT2D eigenvalue weighted by Gasteiger charge is 2.23. The van der Waals surface area contributed by atoms with Gasteiger partial charge in [-0.1, -0.05) is 19.9 Å². The predicted octanol–water partition coefficient (Wildman–Crippen LogP) is 3.19. The Kier molecular flexibility index (Phi) is 4.28. The molecule has 110 valence electrons. The van der Waals surface area contributed by atoms with Crippen LogP contribution in [-0.2, 0) is 6.54 Å². The normalized spacial score (nSPS) is 19.5. The lowest BCUT2D eigenvalue weighted by atomic mass is 9.85. The molecule has 20 heavy (non-hydrogen) atoms. The first kappa shape index (κ1) is 14.8. The molecule has 5 heteroatoms. The van der Waals surface area contributed by atoms with E-state index in [1.54, 1.807) is 6.07 Å². The van der Waals surface area contributed by atoms with Crippen LogP contribution in [0.1, 0.15) is 38.7 Å². The molecule has 0 aliphatic carbocycles.